The van der Waals surface area contributed by atoms with Gasteiger partial charge in [0, 0.05) is 17.7 Å². The zero-order valence-electron chi connectivity index (χ0n) is 16.0. The van der Waals surface area contributed by atoms with Crippen LogP contribution in [0.3, 0.4) is 0 Å². The summed E-state index contributed by atoms with van der Waals surface area (Å²) in [7, 11) is 0. The lowest BCUT2D eigenvalue weighted by molar-refractivity contribution is -0.387. The van der Waals surface area contributed by atoms with Gasteiger partial charge in [-0.05, 0) is 36.3 Å². The maximum absolute atomic E-state index is 12.4. The van der Waals surface area contributed by atoms with Crippen molar-refractivity contribution < 1.29 is 14.5 Å². The molecule has 0 heterocycles. The Morgan fingerprint density at radius 1 is 1.30 bits per heavy atom. The maximum Gasteiger partial charge on any atom is 0.283 e. The number of rotatable bonds is 6. The van der Waals surface area contributed by atoms with Gasteiger partial charge in [-0.25, -0.2) is 0 Å². The van der Waals surface area contributed by atoms with E-state index < -0.39 is 10.8 Å². The van der Waals surface area contributed by atoms with E-state index >= 15 is 0 Å². The normalized spacial score (nSPS) is 20.1. The second-order valence-electron chi connectivity index (χ2n) is 8.02. The summed E-state index contributed by atoms with van der Waals surface area (Å²) in [5, 5.41) is 14.4. The van der Waals surface area contributed by atoms with Gasteiger partial charge in [0.2, 0.25) is 11.8 Å². The lowest BCUT2D eigenvalue weighted by atomic mass is 9.69. The van der Waals surface area contributed by atoms with Crippen LogP contribution in [0.2, 0.25) is 0 Å². The molecule has 0 bridgehead atoms. The van der Waals surface area contributed by atoms with Crippen LogP contribution in [-0.2, 0) is 4.79 Å². The van der Waals surface area contributed by atoms with Gasteiger partial charge >= 0.3 is 0 Å². The highest BCUT2D eigenvalue weighted by Crippen LogP contribution is 2.38. The number of thioether (sulfide) groups is 1. The van der Waals surface area contributed by atoms with Crippen LogP contribution >= 0.6 is 11.8 Å². The number of carbonyl (C=O) groups excluding carboxylic acids is 2. The monoisotopic (exact) mass is 393 g/mol. The standard InChI is InChI=1S/C19H27N3O4S/c1-19(2,3)13-6-4-5-7-14(13)21-17(23)11-27-16-9-8-12(18(20)24)10-15(16)22(25)26/h8-10,13-14H,4-7,11H2,1-3H3,(H2,20,24)(H,21,23). The van der Waals surface area contributed by atoms with Gasteiger partial charge in [-0.1, -0.05) is 33.6 Å². The molecule has 2 unspecified atom stereocenters. The van der Waals surface area contributed by atoms with Crippen LogP contribution in [0.25, 0.3) is 0 Å². The Bertz CT molecular complexity index is 730. The lowest BCUT2D eigenvalue weighted by Crippen LogP contribution is -2.47. The van der Waals surface area contributed by atoms with Gasteiger partial charge in [0.25, 0.3) is 5.69 Å². The van der Waals surface area contributed by atoms with E-state index in [0.29, 0.717) is 10.8 Å². The minimum Gasteiger partial charge on any atom is -0.366 e. The summed E-state index contributed by atoms with van der Waals surface area (Å²) in [5.41, 5.74) is 5.16. The number of nitrogens with zero attached hydrogens (tertiary/aromatic N) is 1. The molecule has 148 valence electrons. The van der Waals surface area contributed by atoms with Crippen molar-refractivity contribution in [1.82, 2.24) is 5.32 Å². The molecule has 0 spiro atoms. The Balaban J connectivity index is 2.03. The van der Waals surface area contributed by atoms with Crippen molar-refractivity contribution in [3.8, 4) is 0 Å². The summed E-state index contributed by atoms with van der Waals surface area (Å²) < 4.78 is 0. The van der Waals surface area contributed by atoms with E-state index in [0.717, 1.165) is 37.1 Å². The SMILES string of the molecule is CC(C)(C)C1CCCCC1NC(=O)CSc1ccc(C(N)=O)cc1[N+](=O)[O-]. The second kappa shape index (κ2) is 8.73. The predicted molar refractivity (Wildman–Crippen MR) is 106 cm³/mol. The molecular formula is C19H27N3O4S. The number of hydrogen-bond donors (Lipinski definition) is 2. The number of nitrogens with two attached hydrogens (primary N) is 1. The highest BCUT2D eigenvalue weighted by molar-refractivity contribution is 8.00. The van der Waals surface area contributed by atoms with Crippen molar-refractivity contribution in [2.24, 2.45) is 17.1 Å². The zero-order valence-corrected chi connectivity index (χ0v) is 16.8. The van der Waals surface area contributed by atoms with Crippen LogP contribution in [0.15, 0.2) is 23.1 Å². The smallest absolute Gasteiger partial charge is 0.283 e. The Morgan fingerprint density at radius 3 is 2.56 bits per heavy atom. The van der Waals surface area contributed by atoms with E-state index in [1.807, 2.05) is 0 Å². The first-order valence-electron chi connectivity index (χ1n) is 9.10. The molecule has 2 amide bonds. The molecule has 1 aromatic carbocycles. The summed E-state index contributed by atoms with van der Waals surface area (Å²) in [5.74, 6) is -0.346. The van der Waals surface area contributed by atoms with Crippen molar-refractivity contribution in [2.75, 3.05) is 5.75 Å². The minimum atomic E-state index is -0.724. The van der Waals surface area contributed by atoms with E-state index in [4.69, 9.17) is 5.73 Å². The first-order chi connectivity index (χ1) is 12.6. The molecular weight excluding hydrogens is 366 g/mol. The third-order valence-corrected chi connectivity index (χ3v) is 6.09. The van der Waals surface area contributed by atoms with Crippen LogP contribution in [0.5, 0.6) is 0 Å². The Labute approximate surface area is 163 Å². The predicted octanol–water partition coefficient (Wildman–Crippen LogP) is 3.51. The van der Waals surface area contributed by atoms with Gasteiger partial charge in [-0.15, -0.1) is 11.8 Å². The summed E-state index contributed by atoms with van der Waals surface area (Å²) in [4.78, 5) is 34.7. The van der Waals surface area contributed by atoms with Gasteiger partial charge in [-0.3, -0.25) is 19.7 Å². The molecule has 1 aromatic rings. The molecule has 27 heavy (non-hydrogen) atoms. The van der Waals surface area contributed by atoms with Crippen molar-refractivity contribution >= 4 is 29.3 Å². The Morgan fingerprint density at radius 2 is 1.96 bits per heavy atom. The van der Waals surface area contributed by atoms with Gasteiger partial charge in [0.05, 0.1) is 15.6 Å². The topological polar surface area (TPSA) is 115 Å². The molecule has 3 N–H and O–H groups in total. The number of nitro benzene ring substituents is 1. The number of nitrogens with one attached hydrogen (secondary N) is 1. The maximum atomic E-state index is 12.4. The summed E-state index contributed by atoms with van der Waals surface area (Å²) in [6, 6.07) is 4.19. The Kier molecular flexibility index (Phi) is 6.86. The Hall–Kier alpha value is -2.09. The van der Waals surface area contributed by atoms with E-state index in [-0.39, 0.29) is 34.4 Å². The molecule has 2 atom stereocenters. The van der Waals surface area contributed by atoms with E-state index in [9.17, 15) is 19.7 Å². The number of benzene rings is 1. The molecule has 1 fully saturated rings. The van der Waals surface area contributed by atoms with E-state index in [1.54, 1.807) is 0 Å². The summed E-state index contributed by atoms with van der Waals surface area (Å²) >= 11 is 1.10. The van der Waals surface area contributed by atoms with Crippen LogP contribution < -0.4 is 11.1 Å². The molecule has 1 saturated carbocycles. The number of nitro groups is 1. The molecule has 0 radical (unpaired) electrons. The molecule has 2 rings (SSSR count). The first-order valence-corrected chi connectivity index (χ1v) is 10.1. The molecule has 8 heteroatoms. The fourth-order valence-corrected chi connectivity index (χ4v) is 4.48. The molecule has 0 saturated heterocycles. The fraction of sp³-hybridized carbons (Fsp3) is 0.579. The average Bonchev–Trinajstić information content (AvgIpc) is 2.59. The number of carbonyl (C=O) groups is 2. The quantitative estimate of drug-likeness (QED) is 0.436. The van der Waals surface area contributed by atoms with E-state index in [1.165, 1.54) is 18.6 Å². The van der Waals surface area contributed by atoms with Crippen molar-refractivity contribution in [2.45, 2.75) is 57.4 Å². The zero-order chi connectivity index (χ0) is 20.2. The second-order valence-corrected chi connectivity index (χ2v) is 9.04. The third-order valence-electron chi connectivity index (χ3n) is 5.02. The van der Waals surface area contributed by atoms with E-state index in [2.05, 4.69) is 26.1 Å². The van der Waals surface area contributed by atoms with Crippen LogP contribution in [-0.4, -0.2) is 28.5 Å². The van der Waals surface area contributed by atoms with Crippen molar-refractivity contribution in [3.05, 3.63) is 33.9 Å². The molecule has 0 aromatic heterocycles. The number of primary amides is 1. The van der Waals surface area contributed by atoms with Gasteiger partial charge < -0.3 is 11.1 Å². The lowest BCUT2D eigenvalue weighted by Gasteiger charge is -2.40. The third kappa shape index (κ3) is 5.69. The summed E-state index contributed by atoms with van der Waals surface area (Å²) in [6.45, 7) is 6.58. The van der Waals surface area contributed by atoms with Gasteiger partial charge in [-0.2, -0.15) is 0 Å². The summed E-state index contributed by atoms with van der Waals surface area (Å²) in [6.07, 6.45) is 4.35. The number of amides is 2. The molecule has 1 aliphatic carbocycles. The van der Waals surface area contributed by atoms with Crippen molar-refractivity contribution in [1.29, 1.82) is 0 Å². The van der Waals surface area contributed by atoms with Gasteiger partial charge in [0.15, 0.2) is 0 Å². The largest absolute Gasteiger partial charge is 0.366 e. The van der Waals surface area contributed by atoms with Crippen molar-refractivity contribution in [3.63, 3.8) is 0 Å². The number of hydrogen-bond acceptors (Lipinski definition) is 5. The van der Waals surface area contributed by atoms with Crippen LogP contribution in [0.4, 0.5) is 5.69 Å². The first kappa shape index (κ1) is 21.2. The average molecular weight is 394 g/mol. The highest BCUT2D eigenvalue weighted by atomic mass is 32.2. The molecule has 7 nitrogen and oxygen atoms in total. The van der Waals surface area contributed by atoms with Gasteiger partial charge in [0.1, 0.15) is 0 Å². The van der Waals surface area contributed by atoms with Crippen LogP contribution in [0, 0.1) is 21.4 Å². The fourth-order valence-electron chi connectivity index (χ4n) is 3.67. The van der Waals surface area contributed by atoms with Crippen LogP contribution in [0.1, 0.15) is 56.8 Å². The minimum absolute atomic E-state index is 0.0747. The highest BCUT2D eigenvalue weighted by Gasteiger charge is 2.34. The molecule has 0 aliphatic heterocycles. The molecule has 1 aliphatic rings.